The van der Waals surface area contributed by atoms with Gasteiger partial charge in [-0.3, -0.25) is 0 Å². The maximum atomic E-state index is 9.95. The number of nitrogens with one attached hydrogen (secondary N) is 1. The highest BCUT2D eigenvalue weighted by Gasteiger charge is 1.89. The third-order valence-corrected chi connectivity index (χ3v) is 1.14. The normalized spacial score (nSPS) is 8.80. The van der Waals surface area contributed by atoms with Crippen LogP contribution in [0.15, 0.2) is 29.4 Å². The molecule has 0 heterocycles. The van der Waals surface area contributed by atoms with Crippen molar-refractivity contribution in [2.75, 3.05) is 0 Å². The van der Waals surface area contributed by atoms with Crippen molar-refractivity contribution < 1.29 is 0 Å². The molecule has 0 amide bonds. The second-order valence-corrected chi connectivity index (χ2v) is 1.83. The Hall–Kier alpha value is -1.51. The van der Waals surface area contributed by atoms with E-state index in [1.165, 1.54) is 6.21 Å². The first-order valence-electron chi connectivity index (χ1n) is 2.80. The largest absolute Gasteiger partial charge is 0.308 e. The molecular formula is C7H6N2O. The van der Waals surface area contributed by atoms with E-state index in [0.717, 1.165) is 0 Å². The van der Waals surface area contributed by atoms with Gasteiger partial charge < -0.3 is 5.41 Å². The van der Waals surface area contributed by atoms with Crippen LogP contribution < -0.4 is 0 Å². The zero-order chi connectivity index (χ0) is 7.40. The smallest absolute Gasteiger partial charge is 0.108 e. The summed E-state index contributed by atoms with van der Waals surface area (Å²) in [5.41, 5.74) is 1.05. The molecule has 50 valence electrons. The van der Waals surface area contributed by atoms with Gasteiger partial charge in [0, 0.05) is 6.21 Å². The van der Waals surface area contributed by atoms with Crippen molar-refractivity contribution in [3.05, 3.63) is 34.7 Å². The van der Waals surface area contributed by atoms with Gasteiger partial charge in [-0.05, 0) is 22.9 Å². The van der Waals surface area contributed by atoms with Crippen LogP contribution in [0.4, 0.5) is 5.69 Å². The van der Waals surface area contributed by atoms with E-state index in [9.17, 15) is 4.91 Å². The van der Waals surface area contributed by atoms with E-state index in [-0.39, 0.29) is 0 Å². The molecule has 0 aliphatic heterocycles. The Labute approximate surface area is 58.2 Å². The Morgan fingerprint density at radius 2 is 2.30 bits per heavy atom. The van der Waals surface area contributed by atoms with Gasteiger partial charge in [0.1, 0.15) is 5.69 Å². The van der Waals surface area contributed by atoms with E-state index in [1.807, 2.05) is 0 Å². The Morgan fingerprint density at radius 1 is 1.50 bits per heavy atom. The van der Waals surface area contributed by atoms with Gasteiger partial charge in [-0.2, -0.15) is 0 Å². The molecule has 1 aromatic rings. The van der Waals surface area contributed by atoms with Crippen LogP contribution in [0.3, 0.4) is 0 Å². The van der Waals surface area contributed by atoms with Crippen molar-refractivity contribution >= 4 is 11.9 Å². The molecule has 0 fully saturated rings. The van der Waals surface area contributed by atoms with Crippen LogP contribution in [-0.2, 0) is 0 Å². The molecule has 1 rings (SSSR count). The molecule has 0 spiro atoms. The molecule has 0 bridgehead atoms. The van der Waals surface area contributed by atoms with Crippen LogP contribution in [0.5, 0.6) is 0 Å². The van der Waals surface area contributed by atoms with Crippen molar-refractivity contribution in [1.82, 2.24) is 0 Å². The van der Waals surface area contributed by atoms with E-state index >= 15 is 0 Å². The summed E-state index contributed by atoms with van der Waals surface area (Å²) in [5, 5.41) is 9.57. The number of benzene rings is 1. The summed E-state index contributed by atoms with van der Waals surface area (Å²) in [6, 6.07) is 6.58. The van der Waals surface area contributed by atoms with Gasteiger partial charge in [-0.1, -0.05) is 12.1 Å². The first-order chi connectivity index (χ1) is 4.86. The summed E-state index contributed by atoms with van der Waals surface area (Å²) in [4.78, 5) is 9.95. The van der Waals surface area contributed by atoms with Crippen LogP contribution in [0, 0.1) is 10.3 Å². The number of rotatable bonds is 2. The molecule has 1 N–H and O–H groups in total. The predicted octanol–water partition coefficient (Wildman–Crippen LogP) is 2.08. The highest BCUT2D eigenvalue weighted by molar-refractivity contribution is 5.78. The molecule has 0 saturated carbocycles. The fourth-order valence-corrected chi connectivity index (χ4v) is 0.671. The molecule has 1 aromatic carbocycles. The maximum Gasteiger partial charge on any atom is 0.108 e. The van der Waals surface area contributed by atoms with Gasteiger partial charge in [0.15, 0.2) is 0 Å². The van der Waals surface area contributed by atoms with E-state index in [0.29, 0.717) is 11.3 Å². The lowest BCUT2D eigenvalue weighted by Crippen LogP contribution is -1.75. The Bertz CT molecular complexity index is 234. The topological polar surface area (TPSA) is 53.3 Å². The van der Waals surface area contributed by atoms with E-state index in [4.69, 9.17) is 5.41 Å². The lowest BCUT2D eigenvalue weighted by molar-refractivity contribution is 1.47. The van der Waals surface area contributed by atoms with Gasteiger partial charge in [0.2, 0.25) is 0 Å². The molecule has 3 nitrogen and oxygen atoms in total. The van der Waals surface area contributed by atoms with Crippen molar-refractivity contribution in [3.63, 3.8) is 0 Å². The van der Waals surface area contributed by atoms with Crippen molar-refractivity contribution in [1.29, 1.82) is 5.41 Å². The van der Waals surface area contributed by atoms with Crippen LogP contribution in [-0.4, -0.2) is 6.21 Å². The van der Waals surface area contributed by atoms with Crippen molar-refractivity contribution in [2.45, 2.75) is 0 Å². The fourth-order valence-electron chi connectivity index (χ4n) is 0.671. The summed E-state index contributed by atoms with van der Waals surface area (Å²) < 4.78 is 0. The van der Waals surface area contributed by atoms with Gasteiger partial charge in [-0.25, -0.2) is 0 Å². The minimum Gasteiger partial charge on any atom is -0.308 e. The molecule has 3 heteroatoms. The van der Waals surface area contributed by atoms with Gasteiger partial charge in [0.05, 0.1) is 0 Å². The predicted molar refractivity (Wildman–Crippen MR) is 39.8 cm³/mol. The van der Waals surface area contributed by atoms with E-state index in [2.05, 4.69) is 5.18 Å². The number of nitroso groups, excluding NO2 is 1. The van der Waals surface area contributed by atoms with Crippen LogP contribution >= 0.6 is 0 Å². The zero-order valence-electron chi connectivity index (χ0n) is 5.24. The standard InChI is InChI=1S/C7H6N2O/c8-5-6-2-1-3-7(4-6)9-10/h1-5,8H. The van der Waals surface area contributed by atoms with Crippen LogP contribution in [0.1, 0.15) is 5.56 Å². The zero-order valence-corrected chi connectivity index (χ0v) is 5.24. The summed E-state index contributed by atoms with van der Waals surface area (Å²) in [5.74, 6) is 0. The first kappa shape index (κ1) is 6.61. The minimum atomic E-state index is 0.362. The lowest BCUT2D eigenvalue weighted by atomic mass is 10.2. The quantitative estimate of drug-likeness (QED) is 0.488. The highest BCUT2D eigenvalue weighted by Crippen LogP contribution is 2.11. The Kier molecular flexibility index (Phi) is 1.89. The second kappa shape index (κ2) is 2.87. The van der Waals surface area contributed by atoms with Crippen molar-refractivity contribution in [2.24, 2.45) is 5.18 Å². The first-order valence-corrected chi connectivity index (χ1v) is 2.80. The van der Waals surface area contributed by atoms with E-state index < -0.39 is 0 Å². The molecule has 0 unspecified atom stereocenters. The fraction of sp³-hybridized carbons (Fsp3) is 0. The molecule has 10 heavy (non-hydrogen) atoms. The monoisotopic (exact) mass is 134 g/mol. The summed E-state index contributed by atoms with van der Waals surface area (Å²) in [6.07, 6.45) is 1.18. The second-order valence-electron chi connectivity index (χ2n) is 1.83. The van der Waals surface area contributed by atoms with Gasteiger partial charge >= 0.3 is 0 Å². The molecule has 0 atom stereocenters. The lowest BCUT2D eigenvalue weighted by Gasteiger charge is -1.89. The molecule has 0 radical (unpaired) electrons. The number of nitrogens with zero attached hydrogens (tertiary/aromatic N) is 1. The minimum absolute atomic E-state index is 0.362. The van der Waals surface area contributed by atoms with Gasteiger partial charge in [-0.15, -0.1) is 4.91 Å². The SMILES string of the molecule is N=Cc1cccc(N=O)c1. The van der Waals surface area contributed by atoms with Crippen LogP contribution in [0.2, 0.25) is 0 Å². The van der Waals surface area contributed by atoms with E-state index in [1.54, 1.807) is 24.3 Å². The maximum absolute atomic E-state index is 9.95. The summed E-state index contributed by atoms with van der Waals surface area (Å²) in [6.45, 7) is 0. The average Bonchev–Trinajstić information content (AvgIpc) is 2.05. The molecule has 0 aromatic heterocycles. The summed E-state index contributed by atoms with van der Waals surface area (Å²) in [7, 11) is 0. The number of hydrogen-bond acceptors (Lipinski definition) is 3. The molecular weight excluding hydrogens is 128 g/mol. The average molecular weight is 134 g/mol. The summed E-state index contributed by atoms with van der Waals surface area (Å²) >= 11 is 0. The third kappa shape index (κ3) is 1.25. The van der Waals surface area contributed by atoms with Crippen molar-refractivity contribution in [3.8, 4) is 0 Å². The Morgan fingerprint density at radius 3 is 2.90 bits per heavy atom. The molecule has 0 saturated heterocycles. The number of hydrogen-bond donors (Lipinski definition) is 1. The van der Waals surface area contributed by atoms with Gasteiger partial charge in [0.25, 0.3) is 0 Å². The van der Waals surface area contributed by atoms with Crippen LogP contribution in [0.25, 0.3) is 0 Å². The molecule has 0 aliphatic rings. The Balaban J connectivity index is 3.09. The molecule has 0 aliphatic carbocycles. The third-order valence-electron chi connectivity index (χ3n) is 1.14. The highest BCUT2D eigenvalue weighted by atomic mass is 16.3.